The first kappa shape index (κ1) is 21.5. The Labute approximate surface area is 192 Å². The average Bonchev–Trinajstić information content (AvgIpc) is 3.32. The molecular weight excluding hydrogens is 517 g/mol. The van der Waals surface area contributed by atoms with Crippen molar-refractivity contribution in [2.24, 2.45) is 5.10 Å². The summed E-state index contributed by atoms with van der Waals surface area (Å²) in [6.07, 6.45) is -3.14. The molecule has 4 rings (SSSR count). The lowest BCUT2D eigenvalue weighted by atomic mass is 10.1. The average molecular weight is 528 g/mol. The van der Waals surface area contributed by atoms with Crippen LogP contribution >= 0.6 is 39.7 Å². The van der Waals surface area contributed by atoms with Gasteiger partial charge < -0.3 is 0 Å². The lowest BCUT2D eigenvalue weighted by Gasteiger charge is -2.06. The third-order valence-corrected chi connectivity index (χ3v) is 5.20. The molecule has 0 aliphatic carbocycles. The highest BCUT2D eigenvalue weighted by Gasteiger charge is 2.36. The van der Waals surface area contributed by atoms with Gasteiger partial charge in [0.25, 0.3) is 5.95 Å². The van der Waals surface area contributed by atoms with Crippen LogP contribution in [0.1, 0.15) is 11.3 Å². The topological polar surface area (TPSA) is 63.8 Å². The normalized spacial score (nSPS) is 12.0. The molecule has 0 saturated heterocycles. The van der Waals surface area contributed by atoms with Crippen LogP contribution in [-0.2, 0) is 6.18 Å². The number of alkyl halides is 3. The van der Waals surface area contributed by atoms with Crippen LogP contribution in [0, 0.1) is 4.77 Å². The second-order valence-electron chi connectivity index (χ2n) is 6.27. The Hall–Kier alpha value is -2.76. The molecule has 0 bridgehead atoms. The highest BCUT2D eigenvalue weighted by atomic mass is 79.9. The number of nitrogens with zero attached hydrogens (tertiary/aromatic N) is 5. The molecule has 0 unspecified atom stereocenters. The number of benzene rings is 2. The van der Waals surface area contributed by atoms with Gasteiger partial charge >= 0.3 is 6.18 Å². The van der Waals surface area contributed by atoms with Gasteiger partial charge in [0.05, 0.1) is 11.9 Å². The van der Waals surface area contributed by atoms with Crippen LogP contribution in [0.2, 0.25) is 5.02 Å². The molecule has 2 heterocycles. The van der Waals surface area contributed by atoms with Gasteiger partial charge in [0.1, 0.15) is 0 Å². The van der Waals surface area contributed by atoms with Crippen molar-refractivity contribution in [3.05, 3.63) is 80.1 Å². The Morgan fingerprint density at radius 1 is 1.10 bits per heavy atom. The van der Waals surface area contributed by atoms with Crippen LogP contribution in [0.3, 0.4) is 0 Å². The van der Waals surface area contributed by atoms with Crippen molar-refractivity contribution in [3.63, 3.8) is 0 Å². The highest BCUT2D eigenvalue weighted by Crippen LogP contribution is 2.33. The molecule has 0 aliphatic heterocycles. The number of hydrogen-bond acceptors (Lipinski definition) is 4. The summed E-state index contributed by atoms with van der Waals surface area (Å²) < 4.78 is 43.4. The summed E-state index contributed by atoms with van der Waals surface area (Å²) in [4.78, 5) is 0. The summed E-state index contributed by atoms with van der Waals surface area (Å²) in [6.45, 7) is 0. The van der Waals surface area contributed by atoms with Crippen LogP contribution in [0.4, 0.5) is 13.2 Å². The van der Waals surface area contributed by atoms with E-state index in [1.807, 2.05) is 24.3 Å². The van der Waals surface area contributed by atoms with Crippen molar-refractivity contribution in [2.75, 3.05) is 0 Å². The van der Waals surface area contributed by atoms with E-state index in [2.05, 4.69) is 36.3 Å². The summed E-state index contributed by atoms with van der Waals surface area (Å²) in [7, 11) is 0. The summed E-state index contributed by atoms with van der Waals surface area (Å²) in [5.74, 6) is -0.0289. The van der Waals surface area contributed by atoms with Crippen LogP contribution < -0.4 is 0 Å². The van der Waals surface area contributed by atoms with E-state index < -0.39 is 11.9 Å². The molecule has 0 spiro atoms. The number of aromatic amines is 1. The van der Waals surface area contributed by atoms with Gasteiger partial charge in [0.2, 0.25) is 4.77 Å². The predicted molar refractivity (Wildman–Crippen MR) is 117 cm³/mol. The fourth-order valence-electron chi connectivity index (χ4n) is 2.70. The lowest BCUT2D eigenvalue weighted by molar-refractivity contribution is -0.141. The minimum atomic E-state index is -4.65. The molecule has 0 aliphatic rings. The monoisotopic (exact) mass is 526 g/mol. The Morgan fingerprint density at radius 3 is 2.42 bits per heavy atom. The van der Waals surface area contributed by atoms with E-state index in [0.29, 0.717) is 10.6 Å². The van der Waals surface area contributed by atoms with Gasteiger partial charge in [0.15, 0.2) is 5.69 Å². The van der Waals surface area contributed by atoms with Crippen molar-refractivity contribution in [2.45, 2.75) is 6.18 Å². The first-order valence-electron chi connectivity index (χ1n) is 8.63. The minimum absolute atomic E-state index is 0.0289. The van der Waals surface area contributed by atoms with E-state index in [0.717, 1.165) is 20.8 Å². The van der Waals surface area contributed by atoms with E-state index in [4.69, 9.17) is 23.8 Å². The highest BCUT2D eigenvalue weighted by molar-refractivity contribution is 9.10. The molecule has 0 atom stereocenters. The summed E-state index contributed by atoms with van der Waals surface area (Å²) >= 11 is 14.5. The molecule has 2 aromatic heterocycles. The molecule has 6 nitrogen and oxygen atoms in total. The standard InChI is InChI=1S/C19H11BrClF3N6S/c20-13-5-1-11(2-6-13)10-25-30-17(26-27-18(30)31)29-15(9-16(28-29)19(22,23)24)12-3-7-14(21)8-4-12/h1-10H,(H,27,31)/b25-10+. The molecule has 158 valence electrons. The molecule has 31 heavy (non-hydrogen) atoms. The van der Waals surface area contributed by atoms with Crippen molar-refractivity contribution in [1.29, 1.82) is 0 Å². The summed E-state index contributed by atoms with van der Waals surface area (Å²) in [5.41, 5.74) is 0.296. The SMILES string of the molecule is FC(F)(F)c1cc(-c2ccc(Cl)cc2)n(-c2n[nH]c(=S)n2/N=C/c2ccc(Br)cc2)n1. The molecule has 0 amide bonds. The number of hydrogen-bond donors (Lipinski definition) is 1. The number of rotatable bonds is 4. The smallest absolute Gasteiger partial charge is 0.248 e. The van der Waals surface area contributed by atoms with E-state index in [1.54, 1.807) is 24.3 Å². The van der Waals surface area contributed by atoms with E-state index in [1.165, 1.54) is 10.9 Å². The zero-order valence-corrected chi connectivity index (χ0v) is 18.5. The van der Waals surface area contributed by atoms with Gasteiger partial charge in [-0.3, -0.25) is 0 Å². The van der Waals surface area contributed by atoms with Crippen molar-refractivity contribution in [3.8, 4) is 17.2 Å². The number of halogens is 5. The minimum Gasteiger partial charge on any atom is -0.248 e. The summed E-state index contributed by atoms with van der Waals surface area (Å²) in [5, 5.41) is 15.0. The quantitative estimate of drug-likeness (QED) is 0.257. The first-order chi connectivity index (χ1) is 14.7. The Kier molecular flexibility index (Phi) is 5.82. The van der Waals surface area contributed by atoms with Crippen LogP contribution in [-0.4, -0.2) is 30.9 Å². The van der Waals surface area contributed by atoms with Crippen LogP contribution in [0.15, 0.2) is 64.2 Å². The van der Waals surface area contributed by atoms with Gasteiger partial charge in [0, 0.05) is 15.1 Å². The van der Waals surface area contributed by atoms with Gasteiger partial charge in [-0.1, -0.05) is 51.8 Å². The van der Waals surface area contributed by atoms with Crippen molar-refractivity contribution in [1.82, 2.24) is 24.7 Å². The molecule has 0 radical (unpaired) electrons. The van der Waals surface area contributed by atoms with Gasteiger partial charge in [-0.05, 0) is 48.1 Å². The predicted octanol–water partition coefficient (Wildman–Crippen LogP) is 6.11. The number of nitrogens with one attached hydrogen (secondary N) is 1. The second-order valence-corrected chi connectivity index (χ2v) is 8.01. The number of H-pyrrole nitrogens is 1. The van der Waals surface area contributed by atoms with E-state index in [-0.39, 0.29) is 16.4 Å². The fourth-order valence-corrected chi connectivity index (χ4v) is 3.26. The Bertz CT molecular complexity index is 1310. The van der Waals surface area contributed by atoms with E-state index >= 15 is 0 Å². The Morgan fingerprint density at radius 2 is 1.77 bits per heavy atom. The summed E-state index contributed by atoms with van der Waals surface area (Å²) in [6, 6.07) is 14.5. The third kappa shape index (κ3) is 4.63. The molecule has 0 saturated carbocycles. The van der Waals surface area contributed by atoms with Gasteiger partial charge in [-0.2, -0.15) is 32.7 Å². The van der Waals surface area contributed by atoms with Crippen LogP contribution in [0.25, 0.3) is 17.2 Å². The molecule has 4 aromatic rings. The molecular formula is C19H11BrClF3N6S. The van der Waals surface area contributed by atoms with Crippen LogP contribution in [0.5, 0.6) is 0 Å². The van der Waals surface area contributed by atoms with Crippen molar-refractivity contribution >= 4 is 46.0 Å². The maximum Gasteiger partial charge on any atom is 0.435 e. The first-order valence-corrected chi connectivity index (χ1v) is 10.2. The van der Waals surface area contributed by atoms with Crippen molar-refractivity contribution < 1.29 is 13.2 Å². The molecule has 12 heteroatoms. The molecule has 1 N–H and O–H groups in total. The van der Waals surface area contributed by atoms with Gasteiger partial charge in [-0.25, -0.2) is 5.10 Å². The lowest BCUT2D eigenvalue weighted by Crippen LogP contribution is -2.10. The second kappa shape index (κ2) is 8.40. The number of aromatic nitrogens is 5. The fraction of sp³-hybridized carbons (Fsp3) is 0.0526. The maximum absolute atomic E-state index is 13.4. The maximum atomic E-state index is 13.4. The largest absolute Gasteiger partial charge is 0.435 e. The molecule has 2 aromatic carbocycles. The van der Waals surface area contributed by atoms with Gasteiger partial charge in [-0.15, -0.1) is 5.10 Å². The Balaban J connectivity index is 1.84. The van der Waals surface area contributed by atoms with E-state index in [9.17, 15) is 13.2 Å². The zero-order chi connectivity index (χ0) is 22.2. The zero-order valence-electron chi connectivity index (χ0n) is 15.3. The third-order valence-electron chi connectivity index (χ3n) is 4.15. The molecule has 0 fully saturated rings.